The molecule has 0 bridgehead atoms. The van der Waals surface area contributed by atoms with Crippen LogP contribution in [-0.2, 0) is 26.3 Å². The van der Waals surface area contributed by atoms with Gasteiger partial charge in [-0.25, -0.2) is 0 Å². The van der Waals surface area contributed by atoms with Crippen molar-refractivity contribution < 1.29 is 23.5 Å². The number of halogens is 1. The number of aromatic nitrogens is 1. The molecule has 4 atom stereocenters. The number of aromatic amines is 1. The number of H-pyrrole nitrogens is 1. The molecular weight excluding hydrogens is 477 g/mol. The number of hydrogen-bond donors (Lipinski definition) is 3. The van der Waals surface area contributed by atoms with Crippen molar-refractivity contribution in [3.05, 3.63) is 59.8 Å². The molecule has 2 aliphatic rings. The highest BCUT2D eigenvalue weighted by Crippen LogP contribution is 2.60. The van der Waals surface area contributed by atoms with Gasteiger partial charge in [0.1, 0.15) is 0 Å². The molecule has 2 amide bonds. The quantitative estimate of drug-likeness (QED) is 0.337. The van der Waals surface area contributed by atoms with Gasteiger partial charge in [0.2, 0.25) is 14.3 Å². The van der Waals surface area contributed by atoms with Crippen LogP contribution >= 0.6 is 0 Å². The van der Waals surface area contributed by atoms with Crippen molar-refractivity contribution in [2.45, 2.75) is 50.1 Å². The number of hydrogen-bond acceptors (Lipinski definition) is 4. The van der Waals surface area contributed by atoms with Crippen molar-refractivity contribution in [3.8, 4) is 0 Å². The van der Waals surface area contributed by atoms with E-state index in [0.29, 0.717) is 16.9 Å². The number of para-hydroxylation sites is 1. The number of ether oxygens (including phenoxy) is 1. The van der Waals surface area contributed by atoms with Gasteiger partial charge < -0.3 is 29.2 Å². The summed E-state index contributed by atoms with van der Waals surface area (Å²) < 4.78 is 21.9. The smallest absolute Gasteiger partial charge is 0.264 e. The predicted octanol–water partition coefficient (Wildman–Crippen LogP) is 4.48. The number of benzene rings is 2. The van der Waals surface area contributed by atoms with E-state index in [4.69, 9.17) is 4.74 Å². The topological polar surface area (TPSA) is 94.7 Å². The first-order valence-electron chi connectivity index (χ1n) is 12.3. The lowest BCUT2D eigenvalue weighted by molar-refractivity contribution is -0.146. The fourth-order valence-corrected chi connectivity index (χ4v) is 8.83. The van der Waals surface area contributed by atoms with Crippen LogP contribution < -0.4 is 10.2 Å². The molecule has 190 valence electrons. The molecule has 1 fully saturated rings. The minimum atomic E-state index is -3.23. The van der Waals surface area contributed by atoms with E-state index in [1.54, 1.807) is 43.2 Å². The molecule has 0 aliphatic carbocycles. The number of rotatable bonds is 6. The molecule has 3 N–H and O–H groups in total. The number of nitrogens with zero attached hydrogens (tertiary/aromatic N) is 1. The first-order valence-corrected chi connectivity index (χ1v) is 15.3. The Morgan fingerprint density at radius 3 is 2.75 bits per heavy atom. The van der Waals surface area contributed by atoms with Crippen molar-refractivity contribution in [1.29, 1.82) is 0 Å². The number of carbonyl (C=O) groups is 2. The molecule has 0 saturated carbocycles. The van der Waals surface area contributed by atoms with Crippen molar-refractivity contribution >= 4 is 42.5 Å². The lowest BCUT2D eigenvalue weighted by atomic mass is 9.82. The Balaban J connectivity index is 1.47. The van der Waals surface area contributed by atoms with Crippen molar-refractivity contribution in [1.82, 2.24) is 4.98 Å². The van der Waals surface area contributed by atoms with Crippen LogP contribution in [0.25, 0.3) is 10.9 Å². The molecule has 36 heavy (non-hydrogen) atoms. The molecule has 2 aromatic carbocycles. The summed E-state index contributed by atoms with van der Waals surface area (Å²) in [5.41, 5.74) is 1.94. The minimum Gasteiger partial charge on any atom is -0.396 e. The largest absolute Gasteiger partial charge is 0.396 e. The van der Waals surface area contributed by atoms with E-state index in [9.17, 15) is 14.7 Å². The average molecular weight is 510 g/mol. The molecule has 1 saturated heterocycles. The summed E-state index contributed by atoms with van der Waals surface area (Å²) in [6.07, 6.45) is 1.75. The van der Waals surface area contributed by atoms with Crippen LogP contribution in [0.1, 0.15) is 24.5 Å². The van der Waals surface area contributed by atoms with Crippen LogP contribution in [-0.4, -0.2) is 50.1 Å². The van der Waals surface area contributed by atoms with E-state index in [2.05, 4.69) is 10.3 Å². The van der Waals surface area contributed by atoms with Crippen LogP contribution in [0.15, 0.2) is 48.7 Å². The zero-order valence-corrected chi connectivity index (χ0v) is 22.0. The number of amides is 2. The standard InChI is InChI=1S/C27H32FN3O4Si/c1-16-25(36(3,4)28)23(11-12-32)35-27(16)20-14-18(9-10-22(20)31(2)26(27)34)30-24(33)13-17-15-29-21-8-6-5-7-19(17)21/h5-10,14-16,23,25,29,32H,11-13H2,1-4H3,(H,30,33)/t16-,23+,25-,27+/m0/s1. The Kier molecular flexibility index (Phi) is 6.05. The average Bonchev–Trinajstić information content (AvgIpc) is 3.42. The lowest BCUT2D eigenvalue weighted by Crippen LogP contribution is -2.44. The van der Waals surface area contributed by atoms with E-state index >= 15 is 4.11 Å². The van der Waals surface area contributed by atoms with Crippen molar-refractivity contribution in [3.63, 3.8) is 0 Å². The Hall–Kier alpha value is -3.01. The van der Waals surface area contributed by atoms with E-state index in [1.165, 1.54) is 0 Å². The first kappa shape index (κ1) is 24.7. The highest BCUT2D eigenvalue weighted by Gasteiger charge is 2.66. The Morgan fingerprint density at radius 2 is 2.03 bits per heavy atom. The second-order valence-corrected chi connectivity index (χ2v) is 14.3. The maximum atomic E-state index is 15.5. The molecule has 2 aliphatic heterocycles. The van der Waals surface area contributed by atoms with E-state index in [0.717, 1.165) is 16.5 Å². The highest BCUT2D eigenvalue weighted by atomic mass is 28.4. The number of aliphatic hydroxyl groups is 1. The zero-order valence-electron chi connectivity index (χ0n) is 21.0. The number of aliphatic hydroxyl groups excluding tert-OH is 1. The lowest BCUT2D eigenvalue weighted by Gasteiger charge is -2.31. The second-order valence-electron chi connectivity index (χ2n) is 10.5. The maximum Gasteiger partial charge on any atom is 0.264 e. The van der Waals surface area contributed by atoms with Gasteiger partial charge in [0.25, 0.3) is 5.91 Å². The zero-order chi connectivity index (χ0) is 25.8. The fraction of sp³-hybridized carbons (Fsp3) is 0.407. The third-order valence-electron chi connectivity index (χ3n) is 7.81. The molecule has 3 aromatic rings. The van der Waals surface area contributed by atoms with Gasteiger partial charge in [-0.1, -0.05) is 25.1 Å². The molecule has 5 rings (SSSR count). The first-order chi connectivity index (χ1) is 17.1. The van der Waals surface area contributed by atoms with Gasteiger partial charge >= 0.3 is 0 Å². The summed E-state index contributed by atoms with van der Waals surface area (Å²) >= 11 is 0. The monoisotopic (exact) mass is 509 g/mol. The SMILES string of the molecule is C[C@H]1[C@H]([Si](C)(C)F)[C@@H](CCO)O[C@]12C(=O)N(C)c1ccc(NC(=O)Cc3c[nH]c4ccccc34)cc12. The number of likely N-dealkylation sites (N-methyl/N-ethyl adjacent to an activating group) is 1. The number of nitrogens with one attached hydrogen (secondary N) is 2. The molecule has 3 heterocycles. The molecule has 1 aromatic heterocycles. The Labute approximate surface area is 210 Å². The van der Waals surface area contributed by atoms with Crippen LogP contribution in [0.4, 0.5) is 15.5 Å². The van der Waals surface area contributed by atoms with E-state index < -0.39 is 31.6 Å². The molecular formula is C27H32FN3O4Si. The Bertz CT molecular complexity index is 1340. The van der Waals surface area contributed by atoms with Gasteiger partial charge in [-0.15, -0.1) is 0 Å². The summed E-state index contributed by atoms with van der Waals surface area (Å²) in [6, 6.07) is 13.2. The molecule has 0 unspecified atom stereocenters. The van der Waals surface area contributed by atoms with Gasteiger partial charge in [-0.05, 0) is 49.3 Å². The molecule has 0 radical (unpaired) electrons. The van der Waals surface area contributed by atoms with Gasteiger partial charge in [-0.3, -0.25) is 9.59 Å². The molecule has 7 nitrogen and oxygen atoms in total. The van der Waals surface area contributed by atoms with Gasteiger partial charge in [-0.2, -0.15) is 0 Å². The van der Waals surface area contributed by atoms with Gasteiger partial charge in [0.05, 0.1) is 18.2 Å². The number of carbonyl (C=O) groups excluding carboxylic acids is 2. The minimum absolute atomic E-state index is 0.144. The van der Waals surface area contributed by atoms with E-state index in [1.807, 2.05) is 37.4 Å². The molecule has 9 heteroatoms. The maximum absolute atomic E-state index is 15.5. The summed E-state index contributed by atoms with van der Waals surface area (Å²) in [5, 5.41) is 13.6. The number of fused-ring (bicyclic) bond motifs is 3. The second kappa shape index (κ2) is 8.83. The normalized spacial score (nSPS) is 25.7. The third kappa shape index (κ3) is 3.77. The summed E-state index contributed by atoms with van der Waals surface area (Å²) in [6.45, 7) is 4.99. The highest BCUT2D eigenvalue weighted by molar-refractivity contribution is 6.72. The third-order valence-corrected chi connectivity index (χ3v) is 10.3. The summed E-state index contributed by atoms with van der Waals surface area (Å²) in [5.74, 6) is -0.842. The van der Waals surface area contributed by atoms with Gasteiger partial charge in [0, 0.05) is 53.5 Å². The van der Waals surface area contributed by atoms with E-state index in [-0.39, 0.29) is 31.3 Å². The van der Waals surface area contributed by atoms with Gasteiger partial charge in [0.15, 0.2) is 5.60 Å². The van der Waals surface area contributed by atoms with Crippen molar-refractivity contribution in [2.75, 3.05) is 23.9 Å². The summed E-state index contributed by atoms with van der Waals surface area (Å²) in [4.78, 5) is 31.3. The van der Waals surface area contributed by atoms with Crippen LogP contribution in [0, 0.1) is 5.92 Å². The van der Waals surface area contributed by atoms with Crippen LogP contribution in [0.5, 0.6) is 0 Å². The van der Waals surface area contributed by atoms with Crippen molar-refractivity contribution in [2.24, 2.45) is 5.92 Å². The predicted molar refractivity (Wildman–Crippen MR) is 140 cm³/mol. The Morgan fingerprint density at radius 1 is 1.28 bits per heavy atom. The number of anilines is 2. The molecule has 1 spiro atoms. The van der Waals surface area contributed by atoms with Crippen LogP contribution in [0.3, 0.4) is 0 Å². The fourth-order valence-electron chi connectivity index (χ4n) is 6.28. The summed E-state index contributed by atoms with van der Waals surface area (Å²) in [7, 11) is -1.54. The van der Waals surface area contributed by atoms with Crippen LogP contribution in [0.2, 0.25) is 18.6 Å².